The van der Waals surface area contributed by atoms with Crippen LogP contribution in [0.1, 0.15) is 0 Å². The Morgan fingerprint density at radius 3 is 2.11 bits per heavy atom. The summed E-state index contributed by atoms with van der Waals surface area (Å²) >= 11 is 0. The quantitative estimate of drug-likeness (QED) is 0.677. The molecule has 0 radical (unpaired) electrons. The van der Waals surface area contributed by atoms with Crippen molar-refractivity contribution in [3.63, 3.8) is 0 Å². The van der Waals surface area contributed by atoms with E-state index in [-0.39, 0.29) is 16.5 Å². The highest BCUT2D eigenvalue weighted by Crippen LogP contribution is 2.36. The standard InChI is InChI=1S/C10H6N2O5S/c13-11-8-3-1-2-7-6(8)4-5-9(12-14)10(7)18(15,16)17/h1-5H,(H,15,16,17). The molecule has 0 saturated heterocycles. The molecule has 0 saturated carbocycles. The third-order valence-corrected chi connectivity index (χ3v) is 3.37. The fourth-order valence-electron chi connectivity index (χ4n) is 1.72. The largest absolute Gasteiger partial charge is 0.297 e. The van der Waals surface area contributed by atoms with Gasteiger partial charge in [0, 0.05) is 10.8 Å². The molecule has 0 aliphatic carbocycles. The molecule has 0 aromatic heterocycles. The fourth-order valence-corrected chi connectivity index (χ4v) is 2.55. The lowest BCUT2D eigenvalue weighted by molar-refractivity contribution is 0.484. The van der Waals surface area contributed by atoms with E-state index in [4.69, 9.17) is 4.55 Å². The minimum Gasteiger partial charge on any atom is -0.282 e. The van der Waals surface area contributed by atoms with Crippen molar-refractivity contribution in [3.8, 4) is 0 Å². The number of hydrogen-bond acceptors (Lipinski definition) is 6. The predicted octanol–water partition coefficient (Wildman–Crippen LogP) is 2.88. The molecule has 92 valence electrons. The van der Waals surface area contributed by atoms with Crippen molar-refractivity contribution in [2.75, 3.05) is 0 Å². The van der Waals surface area contributed by atoms with E-state index in [1.54, 1.807) is 0 Å². The molecular formula is C10H6N2O5S. The smallest absolute Gasteiger partial charge is 0.282 e. The first kappa shape index (κ1) is 12.3. The highest BCUT2D eigenvalue weighted by atomic mass is 32.2. The highest BCUT2D eigenvalue weighted by Gasteiger charge is 2.21. The molecule has 0 aliphatic heterocycles. The van der Waals surface area contributed by atoms with E-state index >= 15 is 0 Å². The van der Waals surface area contributed by atoms with Crippen LogP contribution in [0.3, 0.4) is 0 Å². The number of nitroso groups, excluding NO2 is 2. The summed E-state index contributed by atoms with van der Waals surface area (Å²) in [5, 5.41) is 5.52. The molecule has 0 fully saturated rings. The fraction of sp³-hybridized carbons (Fsp3) is 0. The number of rotatable bonds is 3. The van der Waals surface area contributed by atoms with Crippen LogP contribution in [0.4, 0.5) is 11.4 Å². The average Bonchev–Trinajstić information content (AvgIpc) is 2.35. The molecule has 0 aliphatic rings. The molecule has 0 amide bonds. The molecule has 2 aromatic rings. The summed E-state index contributed by atoms with van der Waals surface area (Å²) in [6.07, 6.45) is 0. The van der Waals surface area contributed by atoms with Crippen LogP contribution in [-0.4, -0.2) is 13.0 Å². The van der Waals surface area contributed by atoms with Gasteiger partial charge < -0.3 is 0 Å². The van der Waals surface area contributed by atoms with Crippen molar-refractivity contribution in [3.05, 3.63) is 40.1 Å². The second kappa shape index (κ2) is 4.24. The van der Waals surface area contributed by atoms with Crippen molar-refractivity contribution in [2.45, 2.75) is 4.90 Å². The SMILES string of the molecule is O=Nc1ccc2c(N=O)cccc2c1S(=O)(=O)O. The maximum Gasteiger partial charge on any atom is 0.297 e. The zero-order valence-electron chi connectivity index (χ0n) is 8.77. The molecule has 18 heavy (non-hydrogen) atoms. The van der Waals surface area contributed by atoms with Gasteiger partial charge >= 0.3 is 0 Å². The van der Waals surface area contributed by atoms with Gasteiger partial charge in [-0.1, -0.05) is 12.1 Å². The summed E-state index contributed by atoms with van der Waals surface area (Å²) in [6, 6.07) is 6.58. The number of benzene rings is 2. The zero-order chi connectivity index (χ0) is 13.3. The molecule has 0 unspecified atom stereocenters. The van der Waals surface area contributed by atoms with Crippen molar-refractivity contribution in [1.29, 1.82) is 0 Å². The van der Waals surface area contributed by atoms with Gasteiger partial charge in [-0.15, -0.1) is 9.81 Å². The molecule has 0 heterocycles. The summed E-state index contributed by atoms with van der Waals surface area (Å²) in [7, 11) is -4.63. The van der Waals surface area contributed by atoms with Crippen LogP contribution in [0.25, 0.3) is 10.8 Å². The van der Waals surface area contributed by atoms with E-state index in [2.05, 4.69) is 10.4 Å². The molecule has 7 nitrogen and oxygen atoms in total. The topological polar surface area (TPSA) is 113 Å². The van der Waals surface area contributed by atoms with Crippen LogP contribution in [0.5, 0.6) is 0 Å². The van der Waals surface area contributed by atoms with Crippen LogP contribution in [0.15, 0.2) is 45.6 Å². The first-order valence-electron chi connectivity index (χ1n) is 4.69. The Bertz CT molecular complexity index is 754. The average molecular weight is 266 g/mol. The van der Waals surface area contributed by atoms with E-state index in [9.17, 15) is 18.2 Å². The van der Waals surface area contributed by atoms with E-state index < -0.39 is 20.7 Å². The minimum absolute atomic E-state index is 0.00912. The Balaban J connectivity index is 3.05. The molecule has 8 heteroatoms. The van der Waals surface area contributed by atoms with Crippen LogP contribution in [0.2, 0.25) is 0 Å². The zero-order valence-corrected chi connectivity index (χ0v) is 9.59. The predicted molar refractivity (Wildman–Crippen MR) is 64.7 cm³/mol. The maximum absolute atomic E-state index is 11.3. The lowest BCUT2D eigenvalue weighted by Crippen LogP contribution is -1.99. The minimum atomic E-state index is -4.63. The lowest BCUT2D eigenvalue weighted by Gasteiger charge is -2.06. The summed E-state index contributed by atoms with van der Waals surface area (Å²) in [5.74, 6) is 0. The van der Waals surface area contributed by atoms with Crippen LogP contribution in [0, 0.1) is 9.81 Å². The number of nitrogens with zero attached hydrogens (tertiary/aromatic N) is 2. The molecule has 1 N–H and O–H groups in total. The van der Waals surface area contributed by atoms with Crippen LogP contribution in [-0.2, 0) is 10.1 Å². The summed E-state index contributed by atoms with van der Waals surface area (Å²) < 4.78 is 31.7. The van der Waals surface area contributed by atoms with Crippen molar-refractivity contribution < 1.29 is 13.0 Å². The molecule has 0 spiro atoms. The van der Waals surface area contributed by atoms with E-state index in [0.29, 0.717) is 0 Å². The van der Waals surface area contributed by atoms with Gasteiger partial charge in [0.15, 0.2) is 0 Å². The van der Waals surface area contributed by atoms with Crippen molar-refractivity contribution in [1.82, 2.24) is 0 Å². The van der Waals surface area contributed by atoms with Gasteiger partial charge in [-0.25, -0.2) is 0 Å². The molecule has 2 aromatic carbocycles. The van der Waals surface area contributed by atoms with Gasteiger partial charge in [-0.05, 0) is 28.6 Å². The third-order valence-electron chi connectivity index (χ3n) is 2.42. The van der Waals surface area contributed by atoms with E-state index in [0.717, 1.165) is 6.07 Å². The number of hydrogen-bond donors (Lipinski definition) is 1. The second-order valence-corrected chi connectivity index (χ2v) is 4.80. The van der Waals surface area contributed by atoms with Crippen molar-refractivity contribution in [2.24, 2.45) is 10.4 Å². The summed E-state index contributed by atoms with van der Waals surface area (Å²) in [6.45, 7) is 0. The van der Waals surface area contributed by atoms with Crippen molar-refractivity contribution >= 4 is 32.3 Å². The van der Waals surface area contributed by atoms with Crippen LogP contribution < -0.4 is 0 Å². The maximum atomic E-state index is 11.3. The Morgan fingerprint density at radius 1 is 0.889 bits per heavy atom. The monoisotopic (exact) mass is 266 g/mol. The molecule has 0 bridgehead atoms. The van der Waals surface area contributed by atoms with Gasteiger partial charge in [0.2, 0.25) is 0 Å². The van der Waals surface area contributed by atoms with Gasteiger partial charge in [-0.2, -0.15) is 8.42 Å². The Morgan fingerprint density at radius 2 is 1.56 bits per heavy atom. The van der Waals surface area contributed by atoms with Crippen LogP contribution >= 0.6 is 0 Å². The summed E-state index contributed by atoms with van der Waals surface area (Å²) in [5.41, 5.74) is -0.414. The van der Waals surface area contributed by atoms with E-state index in [1.165, 1.54) is 24.3 Å². The Labute approximate surface area is 101 Å². The molecule has 0 atom stereocenters. The number of fused-ring (bicyclic) bond motifs is 1. The first-order chi connectivity index (χ1) is 8.49. The van der Waals surface area contributed by atoms with Gasteiger partial charge in [-0.3, -0.25) is 4.55 Å². The Hall–Kier alpha value is -2.19. The molecule has 2 rings (SSSR count). The van der Waals surface area contributed by atoms with Gasteiger partial charge in [0.1, 0.15) is 16.3 Å². The summed E-state index contributed by atoms with van der Waals surface area (Å²) in [4.78, 5) is 20.5. The normalized spacial score (nSPS) is 11.4. The lowest BCUT2D eigenvalue weighted by atomic mass is 10.1. The van der Waals surface area contributed by atoms with Gasteiger partial charge in [0.05, 0.1) is 0 Å². The van der Waals surface area contributed by atoms with E-state index in [1.807, 2.05) is 0 Å². The third kappa shape index (κ3) is 1.87. The highest BCUT2D eigenvalue weighted by molar-refractivity contribution is 7.86. The Kier molecular flexibility index (Phi) is 2.89. The molecular weight excluding hydrogens is 260 g/mol. The second-order valence-electron chi connectivity index (χ2n) is 3.44. The van der Waals surface area contributed by atoms with Gasteiger partial charge in [0.25, 0.3) is 10.1 Å². The first-order valence-corrected chi connectivity index (χ1v) is 6.13.